The number of hydrogen-bond acceptors (Lipinski definition) is 3. The molecule has 0 aliphatic rings. The van der Waals surface area contributed by atoms with Gasteiger partial charge < -0.3 is 15.9 Å². The van der Waals surface area contributed by atoms with Crippen molar-refractivity contribution in [3.8, 4) is 5.75 Å². The van der Waals surface area contributed by atoms with Crippen LogP contribution in [0.25, 0.3) is 0 Å². The molecule has 0 aliphatic carbocycles. The predicted octanol–water partition coefficient (Wildman–Crippen LogP) is 2.53. The van der Waals surface area contributed by atoms with Gasteiger partial charge in [0.1, 0.15) is 5.75 Å². The standard InChI is InChI=1S/C13H21NO2.ClH/c1-4-8(2)13(16)11(14)10-7-5-6-9(3)12(10)15;/h5-8,11,13,15-16H,4,14H2,1-3H3;1H/t8?,11-,13+;/m0./s1. The SMILES string of the molecule is CCC(C)[C@@H](O)[C@@H](N)c1cccc(C)c1O.Cl. The van der Waals surface area contributed by atoms with Crippen LogP contribution >= 0.6 is 12.4 Å². The summed E-state index contributed by atoms with van der Waals surface area (Å²) in [4.78, 5) is 0. The molecule has 0 radical (unpaired) electrons. The summed E-state index contributed by atoms with van der Waals surface area (Å²) in [7, 11) is 0. The largest absolute Gasteiger partial charge is 0.507 e. The van der Waals surface area contributed by atoms with E-state index in [0.717, 1.165) is 12.0 Å². The fraction of sp³-hybridized carbons (Fsp3) is 0.538. The fourth-order valence-electron chi connectivity index (χ4n) is 1.73. The van der Waals surface area contributed by atoms with E-state index >= 15 is 0 Å². The maximum absolute atomic E-state index is 10.0. The van der Waals surface area contributed by atoms with E-state index in [9.17, 15) is 10.2 Å². The van der Waals surface area contributed by atoms with E-state index in [1.807, 2.05) is 32.9 Å². The number of benzene rings is 1. The van der Waals surface area contributed by atoms with Crippen molar-refractivity contribution in [1.29, 1.82) is 0 Å². The van der Waals surface area contributed by atoms with Crippen LogP contribution in [0, 0.1) is 12.8 Å². The normalized spacial score (nSPS) is 15.8. The summed E-state index contributed by atoms with van der Waals surface area (Å²) >= 11 is 0. The third-order valence-corrected chi connectivity index (χ3v) is 3.22. The lowest BCUT2D eigenvalue weighted by Gasteiger charge is -2.25. The summed E-state index contributed by atoms with van der Waals surface area (Å²) in [6.45, 7) is 5.79. The number of phenols is 1. The molecule has 17 heavy (non-hydrogen) atoms. The van der Waals surface area contributed by atoms with Gasteiger partial charge in [0.05, 0.1) is 12.1 Å². The van der Waals surface area contributed by atoms with Crippen LogP contribution in [0.4, 0.5) is 0 Å². The quantitative estimate of drug-likeness (QED) is 0.778. The molecule has 0 aromatic heterocycles. The molecule has 0 heterocycles. The number of phenolic OH excluding ortho intramolecular Hbond substituents is 1. The van der Waals surface area contributed by atoms with Crippen molar-refractivity contribution in [2.45, 2.75) is 39.3 Å². The summed E-state index contributed by atoms with van der Waals surface area (Å²) in [6.07, 6.45) is 0.235. The van der Waals surface area contributed by atoms with Crippen LogP contribution in [0.5, 0.6) is 5.75 Å². The van der Waals surface area contributed by atoms with Crippen LogP contribution in [-0.2, 0) is 0 Å². The molecule has 4 heteroatoms. The zero-order valence-corrected chi connectivity index (χ0v) is 11.4. The molecule has 1 unspecified atom stereocenters. The molecule has 0 spiro atoms. The van der Waals surface area contributed by atoms with E-state index in [1.54, 1.807) is 6.07 Å². The van der Waals surface area contributed by atoms with Crippen LogP contribution < -0.4 is 5.73 Å². The van der Waals surface area contributed by atoms with Gasteiger partial charge in [0.2, 0.25) is 0 Å². The zero-order valence-electron chi connectivity index (χ0n) is 10.6. The highest BCUT2D eigenvalue weighted by Gasteiger charge is 2.24. The minimum Gasteiger partial charge on any atom is -0.507 e. The molecule has 98 valence electrons. The monoisotopic (exact) mass is 259 g/mol. The van der Waals surface area contributed by atoms with Gasteiger partial charge in [-0.25, -0.2) is 0 Å². The third kappa shape index (κ3) is 3.60. The van der Waals surface area contributed by atoms with Crippen molar-refractivity contribution < 1.29 is 10.2 Å². The van der Waals surface area contributed by atoms with Gasteiger partial charge in [0, 0.05) is 5.56 Å². The predicted molar refractivity (Wildman–Crippen MR) is 72.5 cm³/mol. The van der Waals surface area contributed by atoms with E-state index in [0.29, 0.717) is 5.56 Å². The van der Waals surface area contributed by atoms with Gasteiger partial charge in [0.25, 0.3) is 0 Å². The van der Waals surface area contributed by atoms with Gasteiger partial charge in [0.15, 0.2) is 0 Å². The molecule has 0 saturated heterocycles. The van der Waals surface area contributed by atoms with E-state index in [1.165, 1.54) is 0 Å². The van der Waals surface area contributed by atoms with E-state index in [2.05, 4.69) is 0 Å². The molecule has 0 saturated carbocycles. The number of aromatic hydroxyl groups is 1. The Hall–Kier alpha value is -0.770. The van der Waals surface area contributed by atoms with Crippen molar-refractivity contribution in [3.05, 3.63) is 29.3 Å². The van der Waals surface area contributed by atoms with Crippen molar-refractivity contribution in [2.24, 2.45) is 11.7 Å². The average Bonchev–Trinajstić information content (AvgIpc) is 2.29. The molecule has 3 nitrogen and oxygen atoms in total. The highest BCUT2D eigenvalue weighted by atomic mass is 35.5. The van der Waals surface area contributed by atoms with E-state index in [4.69, 9.17) is 5.73 Å². The maximum atomic E-state index is 10.0. The molecule has 4 N–H and O–H groups in total. The number of hydrogen-bond donors (Lipinski definition) is 3. The Kier molecular flexibility index (Phi) is 6.53. The van der Waals surface area contributed by atoms with Gasteiger partial charge in [-0.15, -0.1) is 12.4 Å². The second-order valence-electron chi connectivity index (χ2n) is 4.41. The second kappa shape index (κ2) is 6.84. The second-order valence-corrected chi connectivity index (χ2v) is 4.41. The fourth-order valence-corrected chi connectivity index (χ4v) is 1.73. The smallest absolute Gasteiger partial charge is 0.123 e. The first-order valence-corrected chi connectivity index (χ1v) is 5.71. The van der Waals surface area contributed by atoms with Gasteiger partial charge in [-0.05, 0) is 18.4 Å². The molecule has 1 aromatic carbocycles. The Labute approximate surface area is 109 Å². The molecule has 0 amide bonds. The molecule has 0 bridgehead atoms. The van der Waals surface area contributed by atoms with Crippen molar-refractivity contribution in [1.82, 2.24) is 0 Å². The molecule has 3 atom stereocenters. The lowest BCUT2D eigenvalue weighted by Crippen LogP contribution is -2.31. The molecule has 1 rings (SSSR count). The zero-order chi connectivity index (χ0) is 12.3. The molecular formula is C13H22ClNO2. The lowest BCUT2D eigenvalue weighted by molar-refractivity contribution is 0.0871. The van der Waals surface area contributed by atoms with Crippen LogP contribution in [-0.4, -0.2) is 16.3 Å². The van der Waals surface area contributed by atoms with Crippen LogP contribution in [0.1, 0.15) is 37.4 Å². The van der Waals surface area contributed by atoms with Gasteiger partial charge in [-0.2, -0.15) is 0 Å². The third-order valence-electron chi connectivity index (χ3n) is 3.22. The van der Waals surface area contributed by atoms with Crippen LogP contribution in [0.2, 0.25) is 0 Å². The molecular weight excluding hydrogens is 238 g/mol. The lowest BCUT2D eigenvalue weighted by atomic mass is 9.90. The van der Waals surface area contributed by atoms with Crippen LogP contribution in [0.3, 0.4) is 0 Å². The van der Waals surface area contributed by atoms with Gasteiger partial charge >= 0.3 is 0 Å². The van der Waals surface area contributed by atoms with Crippen molar-refractivity contribution in [3.63, 3.8) is 0 Å². The van der Waals surface area contributed by atoms with E-state index in [-0.39, 0.29) is 24.1 Å². The maximum Gasteiger partial charge on any atom is 0.123 e. The molecule has 0 fully saturated rings. The molecule has 1 aromatic rings. The van der Waals surface area contributed by atoms with Crippen molar-refractivity contribution >= 4 is 12.4 Å². The number of aliphatic hydroxyl groups excluding tert-OH is 1. The summed E-state index contributed by atoms with van der Waals surface area (Å²) in [6, 6.07) is 4.89. The Balaban J connectivity index is 0.00000256. The van der Waals surface area contributed by atoms with Crippen molar-refractivity contribution in [2.75, 3.05) is 0 Å². The minimum atomic E-state index is -0.627. The van der Waals surface area contributed by atoms with Gasteiger partial charge in [-0.1, -0.05) is 38.5 Å². The summed E-state index contributed by atoms with van der Waals surface area (Å²) in [5.74, 6) is 0.312. The first-order valence-electron chi connectivity index (χ1n) is 5.71. The first-order chi connectivity index (χ1) is 7.49. The van der Waals surface area contributed by atoms with Gasteiger partial charge in [-0.3, -0.25) is 0 Å². The number of rotatable bonds is 4. The Morgan fingerprint density at radius 2 is 1.94 bits per heavy atom. The number of aliphatic hydroxyl groups is 1. The number of halogens is 1. The van der Waals surface area contributed by atoms with E-state index < -0.39 is 12.1 Å². The highest BCUT2D eigenvalue weighted by molar-refractivity contribution is 5.85. The van der Waals surface area contributed by atoms with Crippen LogP contribution in [0.15, 0.2) is 18.2 Å². The number of aryl methyl sites for hydroxylation is 1. The first kappa shape index (κ1) is 16.2. The highest BCUT2D eigenvalue weighted by Crippen LogP contribution is 2.30. The Bertz CT molecular complexity index is 357. The minimum absolute atomic E-state index is 0. The average molecular weight is 260 g/mol. The summed E-state index contributed by atoms with van der Waals surface area (Å²) in [5.41, 5.74) is 7.37. The number of nitrogens with two attached hydrogens (primary N) is 1. The number of para-hydroxylation sites is 1. The summed E-state index contributed by atoms with van der Waals surface area (Å²) in [5, 5.41) is 19.9. The Morgan fingerprint density at radius 1 is 1.35 bits per heavy atom. The summed E-state index contributed by atoms with van der Waals surface area (Å²) < 4.78 is 0. The molecule has 0 aliphatic heterocycles. The Morgan fingerprint density at radius 3 is 2.47 bits per heavy atom. The topological polar surface area (TPSA) is 66.5 Å².